The van der Waals surface area contributed by atoms with E-state index in [1.54, 1.807) is 6.92 Å². The van der Waals surface area contributed by atoms with Crippen LogP contribution < -0.4 is 10.6 Å². The predicted octanol–water partition coefficient (Wildman–Crippen LogP) is -0.937. The van der Waals surface area contributed by atoms with E-state index in [4.69, 9.17) is 0 Å². The topological polar surface area (TPSA) is 78.5 Å². The number of imide groups is 1. The fourth-order valence-electron chi connectivity index (χ4n) is 1.43. The summed E-state index contributed by atoms with van der Waals surface area (Å²) in [5.74, 6) is -0.851. The van der Waals surface area contributed by atoms with Crippen molar-refractivity contribution < 1.29 is 14.4 Å². The number of carbonyl (C=O) groups excluding carboxylic acids is 3. The van der Waals surface area contributed by atoms with Gasteiger partial charge in [-0.3, -0.25) is 14.9 Å². The molecule has 0 aromatic carbocycles. The zero-order valence-corrected chi connectivity index (χ0v) is 8.16. The van der Waals surface area contributed by atoms with E-state index in [0.29, 0.717) is 6.42 Å². The number of nitrogens with zero attached hydrogens (tertiary/aromatic N) is 1. The Kier molecular flexibility index (Phi) is 3.06. The average Bonchev–Trinajstić information content (AvgIpc) is 2.15. The van der Waals surface area contributed by atoms with Crippen molar-refractivity contribution in [3.63, 3.8) is 0 Å². The van der Waals surface area contributed by atoms with Crippen molar-refractivity contribution in [2.24, 2.45) is 0 Å². The number of amides is 4. The van der Waals surface area contributed by atoms with Crippen LogP contribution in [0.1, 0.15) is 13.3 Å². The number of hydrogen-bond donors (Lipinski definition) is 2. The molecule has 1 aliphatic rings. The summed E-state index contributed by atoms with van der Waals surface area (Å²) in [6.45, 7) is 1.72. The van der Waals surface area contributed by atoms with Crippen molar-refractivity contribution >= 4 is 17.8 Å². The first-order valence-corrected chi connectivity index (χ1v) is 4.42. The van der Waals surface area contributed by atoms with Gasteiger partial charge in [0, 0.05) is 7.05 Å². The van der Waals surface area contributed by atoms with E-state index in [1.807, 2.05) is 0 Å². The first kappa shape index (κ1) is 10.5. The lowest BCUT2D eigenvalue weighted by molar-refractivity contribution is -0.138. The maximum absolute atomic E-state index is 11.3. The van der Waals surface area contributed by atoms with Gasteiger partial charge in [-0.05, 0) is 6.42 Å². The molecule has 2 N–H and O–H groups in total. The van der Waals surface area contributed by atoms with Crippen molar-refractivity contribution in [2.75, 3.05) is 13.6 Å². The van der Waals surface area contributed by atoms with Crippen LogP contribution in [0, 0.1) is 0 Å². The number of hydrogen-bond acceptors (Lipinski definition) is 3. The van der Waals surface area contributed by atoms with Crippen LogP contribution >= 0.6 is 0 Å². The Balaban J connectivity index is 2.83. The van der Waals surface area contributed by atoms with E-state index in [0.717, 1.165) is 0 Å². The molecule has 14 heavy (non-hydrogen) atoms. The number of carbonyl (C=O) groups is 3. The summed E-state index contributed by atoms with van der Waals surface area (Å²) in [5, 5.41) is 4.58. The molecule has 0 aromatic heterocycles. The van der Waals surface area contributed by atoms with Crippen LogP contribution in [-0.2, 0) is 9.59 Å². The molecule has 1 fully saturated rings. The standard InChI is InChI=1S/C8H13N3O3/c1-3-5-7(13)10-6(12)4-11(5)8(14)9-2/h5H,3-4H2,1-2H3,(H,9,14)(H,10,12,13). The van der Waals surface area contributed by atoms with Gasteiger partial charge in [0.2, 0.25) is 11.8 Å². The number of piperazine rings is 1. The third-order valence-corrected chi connectivity index (χ3v) is 2.12. The highest BCUT2D eigenvalue weighted by atomic mass is 16.2. The van der Waals surface area contributed by atoms with Gasteiger partial charge in [-0.25, -0.2) is 4.79 Å². The SMILES string of the molecule is CCC1C(=O)NC(=O)CN1C(=O)NC. The Hall–Kier alpha value is -1.59. The molecule has 1 saturated heterocycles. The summed E-state index contributed by atoms with van der Waals surface area (Å²) in [7, 11) is 1.46. The second kappa shape index (κ2) is 4.08. The van der Waals surface area contributed by atoms with Crippen molar-refractivity contribution in [2.45, 2.75) is 19.4 Å². The van der Waals surface area contributed by atoms with Gasteiger partial charge in [-0.15, -0.1) is 0 Å². The fraction of sp³-hybridized carbons (Fsp3) is 0.625. The summed E-state index contributed by atoms with van der Waals surface area (Å²) in [4.78, 5) is 34.9. The monoisotopic (exact) mass is 199 g/mol. The molecule has 4 amide bonds. The predicted molar refractivity (Wildman–Crippen MR) is 48.4 cm³/mol. The Morgan fingerprint density at radius 3 is 2.79 bits per heavy atom. The quantitative estimate of drug-likeness (QED) is 0.535. The van der Waals surface area contributed by atoms with Crippen LogP contribution in [0.3, 0.4) is 0 Å². The second-order valence-corrected chi connectivity index (χ2v) is 3.02. The largest absolute Gasteiger partial charge is 0.341 e. The summed E-state index contributed by atoms with van der Waals surface area (Å²) in [5.41, 5.74) is 0. The molecule has 78 valence electrons. The van der Waals surface area contributed by atoms with Crippen molar-refractivity contribution in [1.29, 1.82) is 0 Å². The Morgan fingerprint density at radius 2 is 2.29 bits per heavy atom. The van der Waals surface area contributed by atoms with E-state index >= 15 is 0 Å². The van der Waals surface area contributed by atoms with Crippen LogP contribution in [-0.4, -0.2) is 42.4 Å². The Morgan fingerprint density at radius 1 is 1.64 bits per heavy atom. The van der Waals surface area contributed by atoms with Crippen LogP contribution in [0.15, 0.2) is 0 Å². The molecule has 0 radical (unpaired) electrons. The highest BCUT2D eigenvalue weighted by molar-refractivity contribution is 6.03. The van der Waals surface area contributed by atoms with Crippen molar-refractivity contribution in [3.8, 4) is 0 Å². The van der Waals surface area contributed by atoms with E-state index in [1.165, 1.54) is 11.9 Å². The molecule has 0 aliphatic carbocycles. The van der Waals surface area contributed by atoms with Gasteiger partial charge < -0.3 is 10.2 Å². The fourth-order valence-corrected chi connectivity index (χ4v) is 1.43. The highest BCUT2D eigenvalue weighted by Crippen LogP contribution is 2.08. The van der Waals surface area contributed by atoms with Gasteiger partial charge in [0.15, 0.2) is 0 Å². The van der Waals surface area contributed by atoms with Gasteiger partial charge in [0.05, 0.1) is 0 Å². The first-order valence-electron chi connectivity index (χ1n) is 4.42. The molecule has 6 heteroatoms. The van der Waals surface area contributed by atoms with E-state index in [-0.39, 0.29) is 6.54 Å². The van der Waals surface area contributed by atoms with Gasteiger partial charge >= 0.3 is 6.03 Å². The first-order chi connectivity index (χ1) is 6.60. The third kappa shape index (κ3) is 1.84. The molecule has 0 aromatic rings. The molecule has 1 rings (SSSR count). The second-order valence-electron chi connectivity index (χ2n) is 3.02. The van der Waals surface area contributed by atoms with E-state index in [2.05, 4.69) is 10.6 Å². The van der Waals surface area contributed by atoms with Gasteiger partial charge in [0.1, 0.15) is 12.6 Å². The lowest BCUT2D eigenvalue weighted by atomic mass is 10.1. The normalized spacial score (nSPS) is 21.9. The molecule has 1 aliphatic heterocycles. The lowest BCUT2D eigenvalue weighted by Gasteiger charge is -2.32. The molecular weight excluding hydrogens is 186 g/mol. The molecule has 1 atom stereocenters. The summed E-state index contributed by atoms with van der Waals surface area (Å²) < 4.78 is 0. The number of rotatable bonds is 1. The van der Waals surface area contributed by atoms with E-state index < -0.39 is 23.9 Å². The zero-order valence-electron chi connectivity index (χ0n) is 8.16. The summed E-state index contributed by atoms with van der Waals surface area (Å²) in [6, 6.07) is -0.951. The minimum absolute atomic E-state index is 0.0656. The van der Waals surface area contributed by atoms with Gasteiger partial charge in [0.25, 0.3) is 0 Å². The van der Waals surface area contributed by atoms with Crippen LogP contribution in [0.5, 0.6) is 0 Å². The minimum Gasteiger partial charge on any atom is -0.341 e. The Bertz CT molecular complexity index is 277. The molecule has 0 bridgehead atoms. The minimum atomic E-state index is -0.548. The van der Waals surface area contributed by atoms with Gasteiger partial charge in [-0.1, -0.05) is 6.92 Å². The molecule has 6 nitrogen and oxygen atoms in total. The third-order valence-electron chi connectivity index (χ3n) is 2.12. The molecule has 1 unspecified atom stereocenters. The smallest absolute Gasteiger partial charge is 0.318 e. The van der Waals surface area contributed by atoms with E-state index in [9.17, 15) is 14.4 Å². The number of nitrogens with one attached hydrogen (secondary N) is 2. The lowest BCUT2D eigenvalue weighted by Crippen LogP contribution is -2.61. The van der Waals surface area contributed by atoms with Crippen LogP contribution in [0.2, 0.25) is 0 Å². The summed E-state index contributed by atoms with van der Waals surface area (Å²) >= 11 is 0. The molecular formula is C8H13N3O3. The molecule has 0 spiro atoms. The zero-order chi connectivity index (χ0) is 10.7. The van der Waals surface area contributed by atoms with Crippen LogP contribution in [0.4, 0.5) is 4.79 Å². The Labute approximate surface area is 81.6 Å². The van der Waals surface area contributed by atoms with Crippen molar-refractivity contribution in [3.05, 3.63) is 0 Å². The van der Waals surface area contributed by atoms with Crippen molar-refractivity contribution in [1.82, 2.24) is 15.5 Å². The maximum Gasteiger partial charge on any atom is 0.318 e. The summed E-state index contributed by atoms with van der Waals surface area (Å²) in [6.07, 6.45) is 0.493. The maximum atomic E-state index is 11.3. The molecule has 1 heterocycles. The van der Waals surface area contributed by atoms with Gasteiger partial charge in [-0.2, -0.15) is 0 Å². The molecule has 0 saturated carbocycles. The van der Waals surface area contributed by atoms with Crippen LogP contribution in [0.25, 0.3) is 0 Å². The highest BCUT2D eigenvalue weighted by Gasteiger charge is 2.34. The number of urea groups is 1. The average molecular weight is 199 g/mol.